The van der Waals surface area contributed by atoms with Crippen molar-refractivity contribution < 1.29 is 4.79 Å². The van der Waals surface area contributed by atoms with Crippen molar-refractivity contribution in [3.05, 3.63) is 34.9 Å². The quantitative estimate of drug-likeness (QED) is 0.777. The van der Waals surface area contributed by atoms with Gasteiger partial charge in [0.25, 0.3) is 5.91 Å². The van der Waals surface area contributed by atoms with Gasteiger partial charge in [0.2, 0.25) is 0 Å². The summed E-state index contributed by atoms with van der Waals surface area (Å²) < 4.78 is 0. The number of hydrogen-bond donors (Lipinski definition) is 2. The van der Waals surface area contributed by atoms with E-state index >= 15 is 0 Å². The molecule has 0 unspecified atom stereocenters. The maximum Gasteiger partial charge on any atom is 0.251 e. The second-order valence-corrected chi connectivity index (χ2v) is 4.88. The number of carbonyl (C=O) groups excluding carboxylic acids is 1. The number of carbonyl (C=O) groups is 1. The van der Waals surface area contributed by atoms with Crippen molar-refractivity contribution in [3.63, 3.8) is 0 Å². The van der Waals surface area contributed by atoms with Crippen LogP contribution in [0, 0.1) is 18.8 Å². The standard InChI is InChI=1S/C17H25N3O/c1-4-20(5-2)10-9-19-17(21)16-12-14(3)11-15(13-16)7-6-8-18/h11-13H,4-5,8-10,18H2,1-3H3,(H,19,21). The van der Waals surface area contributed by atoms with Crippen molar-refractivity contribution in [2.45, 2.75) is 20.8 Å². The van der Waals surface area contributed by atoms with Crippen LogP contribution < -0.4 is 11.1 Å². The number of nitrogens with one attached hydrogen (secondary N) is 1. The monoisotopic (exact) mass is 287 g/mol. The fourth-order valence-corrected chi connectivity index (χ4v) is 2.11. The Bertz CT molecular complexity index is 525. The molecule has 0 saturated heterocycles. The normalized spacial score (nSPS) is 10.1. The third-order valence-electron chi connectivity index (χ3n) is 3.28. The maximum absolute atomic E-state index is 12.2. The van der Waals surface area contributed by atoms with Gasteiger partial charge >= 0.3 is 0 Å². The molecule has 0 aliphatic carbocycles. The first-order valence-electron chi connectivity index (χ1n) is 7.41. The van der Waals surface area contributed by atoms with E-state index in [4.69, 9.17) is 5.73 Å². The van der Waals surface area contributed by atoms with Crippen LogP contribution in [0.1, 0.15) is 35.3 Å². The molecule has 1 amide bonds. The summed E-state index contributed by atoms with van der Waals surface area (Å²) in [5.41, 5.74) is 7.87. The van der Waals surface area contributed by atoms with Crippen LogP contribution in [0.25, 0.3) is 0 Å². The summed E-state index contributed by atoms with van der Waals surface area (Å²) in [4.78, 5) is 14.5. The molecule has 0 atom stereocenters. The maximum atomic E-state index is 12.2. The van der Waals surface area contributed by atoms with Crippen molar-refractivity contribution in [3.8, 4) is 11.8 Å². The lowest BCUT2D eigenvalue weighted by Crippen LogP contribution is -2.34. The van der Waals surface area contributed by atoms with Crippen LogP contribution in [0.3, 0.4) is 0 Å². The second kappa shape index (κ2) is 9.17. The fourth-order valence-electron chi connectivity index (χ4n) is 2.11. The molecule has 0 saturated carbocycles. The van der Waals surface area contributed by atoms with Crippen LogP contribution in [-0.2, 0) is 0 Å². The molecule has 0 bridgehead atoms. The Balaban J connectivity index is 2.67. The fraction of sp³-hybridized carbons (Fsp3) is 0.471. The number of amides is 1. The number of benzene rings is 1. The largest absolute Gasteiger partial charge is 0.351 e. The van der Waals surface area contributed by atoms with Gasteiger partial charge in [0.15, 0.2) is 0 Å². The first-order valence-corrected chi connectivity index (χ1v) is 7.41. The summed E-state index contributed by atoms with van der Waals surface area (Å²) in [6, 6.07) is 5.64. The van der Waals surface area contributed by atoms with Gasteiger partial charge in [-0.05, 0) is 43.8 Å². The Morgan fingerprint density at radius 1 is 1.29 bits per heavy atom. The Hall–Kier alpha value is -1.83. The van der Waals surface area contributed by atoms with E-state index < -0.39 is 0 Å². The lowest BCUT2D eigenvalue weighted by molar-refractivity contribution is 0.0949. The van der Waals surface area contributed by atoms with Gasteiger partial charge in [0.05, 0.1) is 6.54 Å². The molecule has 1 aromatic carbocycles. The van der Waals surface area contributed by atoms with Gasteiger partial charge in [-0.2, -0.15) is 0 Å². The summed E-state index contributed by atoms with van der Waals surface area (Å²) in [7, 11) is 0. The molecule has 4 nitrogen and oxygen atoms in total. The molecule has 114 valence electrons. The average Bonchev–Trinajstić information content (AvgIpc) is 2.48. The van der Waals surface area contributed by atoms with E-state index in [0.29, 0.717) is 18.7 Å². The molecule has 0 heterocycles. The van der Waals surface area contributed by atoms with Crippen molar-refractivity contribution >= 4 is 5.91 Å². The summed E-state index contributed by atoms with van der Waals surface area (Å²) in [6.45, 7) is 10.0. The molecule has 0 radical (unpaired) electrons. The van der Waals surface area contributed by atoms with E-state index in [9.17, 15) is 4.79 Å². The lowest BCUT2D eigenvalue weighted by Gasteiger charge is -2.18. The van der Waals surface area contributed by atoms with Crippen LogP contribution in [0.15, 0.2) is 18.2 Å². The number of nitrogens with two attached hydrogens (primary N) is 1. The summed E-state index contributed by atoms with van der Waals surface area (Å²) in [6.07, 6.45) is 0. The minimum absolute atomic E-state index is 0.0540. The van der Waals surface area contributed by atoms with Crippen LogP contribution in [0.2, 0.25) is 0 Å². The molecule has 0 spiro atoms. The lowest BCUT2D eigenvalue weighted by atomic mass is 10.1. The molecule has 1 rings (SSSR count). The van der Waals surface area contributed by atoms with Gasteiger partial charge in [0.1, 0.15) is 0 Å². The number of aryl methyl sites for hydroxylation is 1. The van der Waals surface area contributed by atoms with Crippen molar-refractivity contribution in [1.82, 2.24) is 10.2 Å². The Morgan fingerprint density at radius 3 is 2.62 bits per heavy atom. The third-order valence-corrected chi connectivity index (χ3v) is 3.28. The van der Waals surface area contributed by atoms with E-state index in [1.54, 1.807) is 0 Å². The third kappa shape index (κ3) is 5.99. The molecular weight excluding hydrogens is 262 g/mol. The summed E-state index contributed by atoms with van der Waals surface area (Å²) in [5, 5.41) is 2.96. The Morgan fingerprint density at radius 2 is 2.00 bits per heavy atom. The molecule has 1 aromatic rings. The highest BCUT2D eigenvalue weighted by Gasteiger charge is 2.07. The minimum atomic E-state index is -0.0540. The molecule has 0 aromatic heterocycles. The zero-order chi connectivity index (χ0) is 15.7. The van der Waals surface area contributed by atoms with E-state index in [2.05, 4.69) is 35.9 Å². The van der Waals surface area contributed by atoms with E-state index in [1.165, 1.54) is 0 Å². The van der Waals surface area contributed by atoms with Crippen LogP contribution in [0.5, 0.6) is 0 Å². The Labute approximate surface area is 127 Å². The first-order chi connectivity index (χ1) is 10.1. The smallest absolute Gasteiger partial charge is 0.251 e. The number of hydrogen-bond acceptors (Lipinski definition) is 3. The molecule has 0 aliphatic rings. The second-order valence-electron chi connectivity index (χ2n) is 4.88. The molecule has 0 aliphatic heterocycles. The van der Waals surface area contributed by atoms with Gasteiger partial charge in [-0.25, -0.2) is 0 Å². The van der Waals surface area contributed by atoms with Gasteiger partial charge in [-0.1, -0.05) is 25.7 Å². The van der Waals surface area contributed by atoms with Gasteiger partial charge in [0, 0.05) is 24.2 Å². The van der Waals surface area contributed by atoms with Crippen molar-refractivity contribution in [2.75, 3.05) is 32.7 Å². The van der Waals surface area contributed by atoms with E-state index in [0.717, 1.165) is 30.8 Å². The van der Waals surface area contributed by atoms with Crippen LogP contribution in [0.4, 0.5) is 0 Å². The zero-order valence-electron chi connectivity index (χ0n) is 13.2. The molecular formula is C17H25N3O. The number of rotatable bonds is 6. The molecule has 4 heteroatoms. The Kier molecular flexibility index (Phi) is 7.52. The molecule has 3 N–H and O–H groups in total. The highest BCUT2D eigenvalue weighted by Crippen LogP contribution is 2.09. The van der Waals surface area contributed by atoms with Gasteiger partial charge in [-0.15, -0.1) is 0 Å². The summed E-state index contributed by atoms with van der Waals surface area (Å²) >= 11 is 0. The average molecular weight is 287 g/mol. The van der Waals surface area contributed by atoms with Crippen LogP contribution in [-0.4, -0.2) is 43.5 Å². The van der Waals surface area contributed by atoms with E-state index in [1.807, 2.05) is 25.1 Å². The zero-order valence-corrected chi connectivity index (χ0v) is 13.2. The predicted octanol–water partition coefficient (Wildman–Crippen LogP) is 1.38. The van der Waals surface area contributed by atoms with E-state index in [-0.39, 0.29) is 5.91 Å². The van der Waals surface area contributed by atoms with Gasteiger partial charge < -0.3 is 16.0 Å². The molecule has 21 heavy (non-hydrogen) atoms. The number of nitrogens with zero attached hydrogens (tertiary/aromatic N) is 1. The van der Waals surface area contributed by atoms with Gasteiger partial charge in [-0.3, -0.25) is 4.79 Å². The SMILES string of the molecule is CCN(CC)CCNC(=O)c1cc(C)cc(C#CCN)c1. The predicted molar refractivity (Wildman–Crippen MR) is 87.2 cm³/mol. The highest BCUT2D eigenvalue weighted by atomic mass is 16.1. The summed E-state index contributed by atoms with van der Waals surface area (Å²) in [5.74, 6) is 5.73. The highest BCUT2D eigenvalue weighted by molar-refractivity contribution is 5.94. The number of likely N-dealkylation sites (N-methyl/N-ethyl adjacent to an activating group) is 1. The first kappa shape index (κ1) is 17.2. The minimum Gasteiger partial charge on any atom is -0.351 e. The topological polar surface area (TPSA) is 58.4 Å². The van der Waals surface area contributed by atoms with Crippen LogP contribution >= 0.6 is 0 Å². The van der Waals surface area contributed by atoms with Crippen molar-refractivity contribution in [2.24, 2.45) is 5.73 Å². The van der Waals surface area contributed by atoms with Crippen molar-refractivity contribution in [1.29, 1.82) is 0 Å². The molecule has 0 fully saturated rings.